The van der Waals surface area contributed by atoms with Gasteiger partial charge in [0.05, 0.1) is 32.0 Å². The van der Waals surface area contributed by atoms with Crippen molar-refractivity contribution in [2.24, 2.45) is 0 Å². The van der Waals surface area contributed by atoms with Gasteiger partial charge in [-0.1, -0.05) is 232 Å². The van der Waals surface area contributed by atoms with E-state index in [1.807, 2.05) is 0 Å². The van der Waals surface area contributed by atoms with Crippen molar-refractivity contribution in [3.8, 4) is 0 Å². The highest BCUT2D eigenvalue weighted by Crippen LogP contribution is 2.30. The molecule has 14 atom stereocenters. The van der Waals surface area contributed by atoms with Crippen LogP contribution in [0.15, 0.2) is 0 Å². The Kier molecular flexibility index (Phi) is 40.0. The molecule has 16 heteroatoms. The number of carbonyl (C=O) groups excluding carboxylic acids is 1. The van der Waals surface area contributed by atoms with Crippen molar-refractivity contribution in [2.45, 2.75) is 331 Å². The normalized spacial score (nSPS) is 26.4. The van der Waals surface area contributed by atoms with Gasteiger partial charge in [0.2, 0.25) is 5.91 Å². The number of amides is 1. The van der Waals surface area contributed by atoms with Crippen LogP contribution in [-0.2, 0) is 23.7 Å². The molecule has 0 aromatic rings. The molecule has 72 heavy (non-hydrogen) atoms. The van der Waals surface area contributed by atoms with E-state index < -0.39 is 111 Å². The Morgan fingerprint density at radius 2 is 0.806 bits per heavy atom. The van der Waals surface area contributed by atoms with Crippen molar-refractivity contribution in [3.05, 3.63) is 0 Å². The molecular weight excluding hydrogens is 927 g/mol. The molecule has 2 fully saturated rings. The molecule has 2 aliphatic heterocycles. The van der Waals surface area contributed by atoms with Gasteiger partial charge < -0.3 is 75.3 Å². The second-order valence-corrected chi connectivity index (χ2v) is 21.4. The second-order valence-electron chi connectivity index (χ2n) is 21.4. The summed E-state index contributed by atoms with van der Waals surface area (Å²) in [5.41, 5.74) is 0. The third-order valence-corrected chi connectivity index (χ3v) is 15.0. The van der Waals surface area contributed by atoms with Gasteiger partial charge in [0.15, 0.2) is 12.6 Å². The first-order valence-corrected chi connectivity index (χ1v) is 29.5. The molecule has 0 aliphatic carbocycles. The molecule has 11 N–H and O–H groups in total. The van der Waals surface area contributed by atoms with Crippen LogP contribution in [0.5, 0.6) is 0 Å². The maximum atomic E-state index is 13.5. The lowest BCUT2D eigenvalue weighted by molar-refractivity contribution is -0.368. The Hall–Kier alpha value is -1.09. The number of aliphatic hydroxyl groups excluding tert-OH is 10. The third-order valence-electron chi connectivity index (χ3n) is 15.0. The summed E-state index contributed by atoms with van der Waals surface area (Å²) in [6.07, 6.45) is 20.5. The lowest BCUT2D eigenvalue weighted by Crippen LogP contribution is -2.65. The fourth-order valence-corrected chi connectivity index (χ4v) is 10.1. The summed E-state index contributed by atoms with van der Waals surface area (Å²) in [5.74, 6) is -0.772. The van der Waals surface area contributed by atoms with Crippen LogP contribution in [0.25, 0.3) is 0 Å². The fourth-order valence-electron chi connectivity index (χ4n) is 10.1. The van der Waals surface area contributed by atoms with E-state index in [9.17, 15) is 55.9 Å². The Morgan fingerprint density at radius 1 is 0.458 bits per heavy atom. The van der Waals surface area contributed by atoms with Crippen molar-refractivity contribution >= 4 is 5.91 Å². The molecule has 2 rings (SSSR count). The summed E-state index contributed by atoms with van der Waals surface area (Å²) in [7, 11) is 0. The highest BCUT2D eigenvalue weighted by molar-refractivity contribution is 5.80. The molecular formula is C56H109NO15. The van der Waals surface area contributed by atoms with Gasteiger partial charge in [0.1, 0.15) is 61.0 Å². The second kappa shape index (κ2) is 43.0. The zero-order chi connectivity index (χ0) is 52.8. The van der Waals surface area contributed by atoms with Crippen LogP contribution in [0.2, 0.25) is 0 Å². The number of carbonyl (C=O) groups is 1. The molecule has 2 aliphatic rings. The van der Waals surface area contributed by atoms with Gasteiger partial charge in [-0.15, -0.1) is 0 Å². The fraction of sp³-hybridized carbons (Fsp3) is 0.982. The smallest absolute Gasteiger partial charge is 0.249 e. The Bertz CT molecular complexity index is 1250. The van der Waals surface area contributed by atoms with Crippen molar-refractivity contribution in [1.82, 2.24) is 5.32 Å². The lowest BCUT2D eigenvalue weighted by Gasteiger charge is -2.46. The minimum atomic E-state index is -1.87. The molecule has 0 aromatic carbocycles. The first-order chi connectivity index (χ1) is 34.9. The van der Waals surface area contributed by atoms with Gasteiger partial charge in [-0.3, -0.25) is 4.79 Å². The summed E-state index contributed by atoms with van der Waals surface area (Å²) in [6.45, 7) is 2.43. The van der Waals surface area contributed by atoms with Gasteiger partial charge in [0.25, 0.3) is 0 Å². The van der Waals surface area contributed by atoms with Crippen molar-refractivity contribution in [1.29, 1.82) is 0 Å². The molecule has 0 spiro atoms. The Morgan fingerprint density at radius 3 is 1.19 bits per heavy atom. The molecule has 0 saturated carbocycles. The topological polar surface area (TPSA) is 268 Å². The number of hydrogen-bond donors (Lipinski definition) is 11. The van der Waals surface area contributed by atoms with Crippen LogP contribution in [0.1, 0.15) is 245 Å². The van der Waals surface area contributed by atoms with E-state index in [1.165, 1.54) is 154 Å². The van der Waals surface area contributed by atoms with Crippen LogP contribution >= 0.6 is 0 Å². The van der Waals surface area contributed by atoms with Crippen molar-refractivity contribution in [3.63, 3.8) is 0 Å². The van der Waals surface area contributed by atoms with Crippen LogP contribution in [0.3, 0.4) is 0 Å². The minimum Gasteiger partial charge on any atom is -0.394 e. The molecule has 0 bridgehead atoms. The van der Waals surface area contributed by atoms with E-state index in [-0.39, 0.29) is 12.8 Å². The van der Waals surface area contributed by atoms with Crippen molar-refractivity contribution < 1.29 is 74.8 Å². The van der Waals surface area contributed by atoms with Gasteiger partial charge in [0, 0.05) is 0 Å². The lowest BCUT2D eigenvalue weighted by atomic mass is 9.97. The Balaban J connectivity index is 1.89. The SMILES string of the molecule is CCCCCCCCCCCCCCCCCCCCCC(O)C(=O)NC(COC1OC(CO)C(O)C(O)C1OC1OC(CO)C(O)C(O)C1O)C(O)C(O)CCCCCCCCCCCCCCCCC. The molecule has 428 valence electrons. The maximum absolute atomic E-state index is 13.5. The molecule has 16 nitrogen and oxygen atoms in total. The number of nitrogens with one attached hydrogen (secondary N) is 1. The predicted octanol–water partition coefficient (Wildman–Crippen LogP) is 7.28. The summed E-state index contributed by atoms with van der Waals surface area (Å²) in [5, 5.41) is 109. The third kappa shape index (κ3) is 28.3. The number of rotatable bonds is 47. The van der Waals surface area contributed by atoms with Gasteiger partial charge in [-0.2, -0.15) is 0 Å². The standard InChI is InChI=1S/C56H109NO15/c1-3-5-7-9-11-13-15-17-19-20-21-22-24-26-28-30-32-34-36-38-44(61)54(68)57-42(47(62)43(60)37-35-33-31-29-27-25-23-18-16-14-12-10-8-6-4-2)41-69-56-53(51(66)49(64)46(40-59)71-56)72-55-52(67)50(65)48(63)45(39-58)70-55/h42-53,55-56,58-67H,3-41H2,1-2H3,(H,57,68). The van der Waals surface area contributed by atoms with Crippen LogP contribution in [-0.4, -0.2) is 163 Å². The monoisotopic (exact) mass is 1040 g/mol. The van der Waals surface area contributed by atoms with Gasteiger partial charge in [-0.25, -0.2) is 0 Å². The number of aliphatic hydroxyl groups is 10. The van der Waals surface area contributed by atoms with E-state index >= 15 is 0 Å². The molecule has 1 amide bonds. The summed E-state index contributed by atoms with van der Waals surface area (Å²) in [4.78, 5) is 13.5. The molecule has 2 heterocycles. The average molecular weight is 1040 g/mol. The molecule has 14 unspecified atom stereocenters. The molecule has 0 aromatic heterocycles. The highest BCUT2D eigenvalue weighted by Gasteiger charge is 2.51. The zero-order valence-electron chi connectivity index (χ0n) is 45.2. The van der Waals surface area contributed by atoms with Crippen LogP contribution in [0, 0.1) is 0 Å². The van der Waals surface area contributed by atoms with Crippen LogP contribution in [0.4, 0.5) is 0 Å². The maximum Gasteiger partial charge on any atom is 0.249 e. The number of ether oxygens (including phenoxy) is 4. The van der Waals surface area contributed by atoms with Gasteiger partial charge >= 0.3 is 0 Å². The highest BCUT2D eigenvalue weighted by atomic mass is 16.8. The van der Waals surface area contributed by atoms with Crippen molar-refractivity contribution in [2.75, 3.05) is 19.8 Å². The number of unbranched alkanes of at least 4 members (excludes halogenated alkanes) is 32. The number of hydrogen-bond acceptors (Lipinski definition) is 15. The average Bonchev–Trinajstić information content (AvgIpc) is 3.38. The summed E-state index contributed by atoms with van der Waals surface area (Å²) in [6, 6.07) is -1.31. The first kappa shape index (κ1) is 67.0. The molecule has 0 radical (unpaired) electrons. The minimum absolute atomic E-state index is 0.194. The largest absolute Gasteiger partial charge is 0.394 e. The van der Waals surface area contributed by atoms with E-state index in [0.717, 1.165) is 51.4 Å². The van der Waals surface area contributed by atoms with E-state index in [2.05, 4.69) is 19.2 Å². The predicted molar refractivity (Wildman–Crippen MR) is 280 cm³/mol. The quantitative estimate of drug-likeness (QED) is 0.0268. The van der Waals surface area contributed by atoms with Gasteiger partial charge in [-0.05, 0) is 12.8 Å². The van der Waals surface area contributed by atoms with E-state index in [1.54, 1.807) is 0 Å². The zero-order valence-corrected chi connectivity index (χ0v) is 45.2. The summed E-state index contributed by atoms with van der Waals surface area (Å²) < 4.78 is 23.0. The molecule has 2 saturated heterocycles. The van der Waals surface area contributed by atoms with Crippen LogP contribution < -0.4 is 5.32 Å². The first-order valence-electron chi connectivity index (χ1n) is 29.5. The summed E-state index contributed by atoms with van der Waals surface area (Å²) >= 11 is 0. The van der Waals surface area contributed by atoms with E-state index in [4.69, 9.17) is 18.9 Å². The van der Waals surface area contributed by atoms with E-state index in [0.29, 0.717) is 12.8 Å². The Labute approximate surface area is 435 Å².